The second kappa shape index (κ2) is 4.66. The average molecular weight is 224 g/mol. The summed E-state index contributed by atoms with van der Waals surface area (Å²) in [4.78, 5) is 4.15. The maximum atomic E-state index is 11.7. The summed E-state index contributed by atoms with van der Waals surface area (Å²) in [6, 6.07) is 5.59. The van der Waals surface area contributed by atoms with Gasteiger partial charge in [-0.1, -0.05) is 6.07 Å². The minimum atomic E-state index is -1.22. The number of aromatic nitrogens is 1. The van der Waals surface area contributed by atoms with E-state index in [2.05, 4.69) is 9.38 Å². The molecule has 1 heterocycles. The van der Waals surface area contributed by atoms with E-state index in [1.54, 1.807) is 6.20 Å². The van der Waals surface area contributed by atoms with Crippen LogP contribution in [0.2, 0.25) is 0 Å². The molecule has 0 radical (unpaired) electrons. The van der Waals surface area contributed by atoms with Gasteiger partial charge in [0, 0.05) is 6.20 Å². The van der Waals surface area contributed by atoms with E-state index in [1.807, 2.05) is 45.9 Å². The number of nitrogens with zero attached hydrogens (tertiary/aromatic N) is 2. The molecule has 0 bridgehead atoms. The van der Waals surface area contributed by atoms with Gasteiger partial charge in [0.2, 0.25) is 0 Å². The number of pyridine rings is 1. The molecule has 0 aliphatic rings. The van der Waals surface area contributed by atoms with Crippen molar-refractivity contribution in [3.05, 3.63) is 30.1 Å². The first-order valence-electron chi connectivity index (χ1n) is 4.80. The molecule has 1 atom stereocenters. The number of rotatable bonds is 2. The van der Waals surface area contributed by atoms with E-state index < -0.39 is 11.0 Å². The topological polar surface area (TPSA) is 42.3 Å². The fraction of sp³-hybridized carbons (Fsp3) is 0.455. The van der Waals surface area contributed by atoms with E-state index in [4.69, 9.17) is 0 Å². The van der Waals surface area contributed by atoms with Crippen molar-refractivity contribution in [2.75, 3.05) is 0 Å². The minimum absolute atomic E-state index is 0.323. The van der Waals surface area contributed by atoms with Gasteiger partial charge in [0.25, 0.3) is 0 Å². The quantitative estimate of drug-likeness (QED) is 0.724. The van der Waals surface area contributed by atoms with Crippen molar-refractivity contribution in [2.45, 2.75) is 32.4 Å². The van der Waals surface area contributed by atoms with Crippen LogP contribution in [0.5, 0.6) is 0 Å². The molecule has 82 valence electrons. The van der Waals surface area contributed by atoms with Crippen molar-refractivity contribution in [3.8, 4) is 0 Å². The molecule has 1 aromatic rings. The third-order valence-corrected chi connectivity index (χ3v) is 3.27. The van der Waals surface area contributed by atoms with Crippen molar-refractivity contribution in [2.24, 2.45) is 4.40 Å². The van der Waals surface area contributed by atoms with Crippen LogP contribution in [0.4, 0.5) is 0 Å². The number of hydrogen-bond acceptors (Lipinski definition) is 2. The van der Waals surface area contributed by atoms with Crippen LogP contribution < -0.4 is 0 Å². The number of hydrogen-bond donors (Lipinski definition) is 0. The highest BCUT2D eigenvalue weighted by molar-refractivity contribution is 7.85. The van der Waals surface area contributed by atoms with Crippen molar-refractivity contribution in [3.63, 3.8) is 0 Å². The van der Waals surface area contributed by atoms with Crippen molar-refractivity contribution >= 4 is 16.7 Å². The van der Waals surface area contributed by atoms with E-state index in [0.717, 1.165) is 5.69 Å². The Bertz CT molecular complexity index is 379. The van der Waals surface area contributed by atoms with E-state index in [0.29, 0.717) is 5.71 Å². The Morgan fingerprint density at radius 3 is 2.53 bits per heavy atom. The summed E-state index contributed by atoms with van der Waals surface area (Å²) < 4.78 is 15.6. The lowest BCUT2D eigenvalue weighted by Crippen LogP contribution is -2.20. The molecule has 0 aliphatic carbocycles. The molecular formula is C11H16N2OS. The Morgan fingerprint density at radius 2 is 2.07 bits per heavy atom. The van der Waals surface area contributed by atoms with Crippen LogP contribution in [0.25, 0.3) is 0 Å². The van der Waals surface area contributed by atoms with Crippen LogP contribution in [-0.4, -0.2) is 19.7 Å². The molecule has 0 aliphatic heterocycles. The fourth-order valence-corrected chi connectivity index (χ4v) is 1.50. The summed E-state index contributed by atoms with van der Waals surface area (Å²) >= 11 is 0. The lowest BCUT2D eigenvalue weighted by molar-refractivity contribution is 0.650. The van der Waals surface area contributed by atoms with Gasteiger partial charge in [-0.05, 0) is 39.8 Å². The van der Waals surface area contributed by atoms with Gasteiger partial charge in [0.05, 0.1) is 16.2 Å². The van der Waals surface area contributed by atoms with Crippen molar-refractivity contribution in [1.82, 2.24) is 4.98 Å². The maximum Gasteiger partial charge on any atom is 0.145 e. The standard InChI is InChI=1S/C11H16N2OS/c1-9(10-7-5-6-8-12-10)13-15(14)11(2,3)4/h5-8H,1-4H3/b13-9+. The summed E-state index contributed by atoms with van der Waals surface area (Å²) in [6.45, 7) is 7.53. The predicted molar refractivity (Wildman–Crippen MR) is 64.3 cm³/mol. The van der Waals surface area contributed by atoms with Crippen LogP contribution in [0.3, 0.4) is 0 Å². The summed E-state index contributed by atoms with van der Waals surface area (Å²) in [5, 5.41) is 0. The van der Waals surface area contributed by atoms with Gasteiger partial charge in [-0.15, -0.1) is 0 Å². The molecular weight excluding hydrogens is 208 g/mol. The first-order chi connectivity index (χ1) is 6.91. The maximum absolute atomic E-state index is 11.7. The summed E-state index contributed by atoms with van der Waals surface area (Å²) in [7, 11) is -1.22. The molecule has 0 fully saturated rings. The van der Waals surface area contributed by atoms with Crippen LogP contribution in [-0.2, 0) is 11.0 Å². The highest BCUT2D eigenvalue weighted by atomic mass is 32.2. The van der Waals surface area contributed by atoms with Crippen molar-refractivity contribution < 1.29 is 4.21 Å². The first kappa shape index (κ1) is 12.0. The fourth-order valence-electron chi connectivity index (χ4n) is 0.885. The Labute approximate surface area is 93.2 Å². The van der Waals surface area contributed by atoms with Crippen LogP contribution in [0.1, 0.15) is 33.4 Å². The molecule has 0 N–H and O–H groups in total. The second-order valence-corrected chi connectivity index (χ2v) is 6.16. The molecule has 4 heteroatoms. The third-order valence-electron chi connectivity index (χ3n) is 1.78. The Balaban J connectivity index is 2.91. The lowest BCUT2D eigenvalue weighted by Gasteiger charge is -2.13. The van der Waals surface area contributed by atoms with Gasteiger partial charge < -0.3 is 0 Å². The normalized spacial score (nSPS) is 15.1. The molecule has 0 saturated carbocycles. The summed E-state index contributed by atoms with van der Waals surface area (Å²) in [6.07, 6.45) is 1.70. The molecule has 3 nitrogen and oxygen atoms in total. The summed E-state index contributed by atoms with van der Waals surface area (Å²) in [5.41, 5.74) is 1.49. The van der Waals surface area contributed by atoms with Gasteiger partial charge in [-0.25, -0.2) is 4.21 Å². The third kappa shape index (κ3) is 3.55. The van der Waals surface area contributed by atoms with E-state index >= 15 is 0 Å². The molecule has 1 aromatic heterocycles. The lowest BCUT2D eigenvalue weighted by atomic mass is 10.3. The molecule has 0 amide bonds. The molecule has 0 spiro atoms. The Morgan fingerprint density at radius 1 is 1.40 bits per heavy atom. The monoisotopic (exact) mass is 224 g/mol. The molecule has 0 saturated heterocycles. The second-order valence-electron chi connectivity index (χ2n) is 4.25. The zero-order valence-electron chi connectivity index (χ0n) is 9.52. The molecule has 15 heavy (non-hydrogen) atoms. The van der Waals surface area contributed by atoms with E-state index in [9.17, 15) is 4.21 Å². The smallest absolute Gasteiger partial charge is 0.145 e. The van der Waals surface area contributed by atoms with Crippen LogP contribution in [0, 0.1) is 0 Å². The van der Waals surface area contributed by atoms with Gasteiger partial charge in [-0.3, -0.25) is 4.98 Å². The molecule has 1 unspecified atom stereocenters. The minimum Gasteiger partial charge on any atom is -0.255 e. The van der Waals surface area contributed by atoms with E-state index in [-0.39, 0.29) is 4.75 Å². The van der Waals surface area contributed by atoms with Gasteiger partial charge in [0.1, 0.15) is 11.0 Å². The van der Waals surface area contributed by atoms with Crippen molar-refractivity contribution in [1.29, 1.82) is 0 Å². The summed E-state index contributed by atoms with van der Waals surface area (Å²) in [5.74, 6) is 0. The average Bonchev–Trinajstić information content (AvgIpc) is 2.17. The van der Waals surface area contributed by atoms with Gasteiger partial charge >= 0.3 is 0 Å². The van der Waals surface area contributed by atoms with Crippen LogP contribution >= 0.6 is 0 Å². The zero-order valence-corrected chi connectivity index (χ0v) is 10.3. The zero-order chi connectivity index (χ0) is 11.5. The SMILES string of the molecule is C/C(=N\S(=O)C(C)(C)C)c1ccccn1. The van der Waals surface area contributed by atoms with Gasteiger partial charge in [0.15, 0.2) is 0 Å². The highest BCUT2D eigenvalue weighted by Crippen LogP contribution is 2.13. The Kier molecular flexibility index (Phi) is 3.74. The van der Waals surface area contributed by atoms with Crippen LogP contribution in [0.15, 0.2) is 28.8 Å². The molecule has 0 aromatic carbocycles. The first-order valence-corrected chi connectivity index (χ1v) is 5.90. The van der Waals surface area contributed by atoms with Gasteiger partial charge in [-0.2, -0.15) is 4.40 Å². The highest BCUT2D eigenvalue weighted by Gasteiger charge is 2.19. The Hall–Kier alpha value is -1.03. The predicted octanol–water partition coefficient (Wildman–Crippen LogP) is 2.35. The van der Waals surface area contributed by atoms with E-state index in [1.165, 1.54) is 0 Å². The molecule has 1 rings (SSSR count). The largest absolute Gasteiger partial charge is 0.255 e.